The van der Waals surface area contributed by atoms with Gasteiger partial charge in [0.25, 0.3) is 0 Å². The highest BCUT2D eigenvalue weighted by Gasteiger charge is 2.19. The third-order valence-corrected chi connectivity index (χ3v) is 5.55. The highest BCUT2D eigenvalue weighted by atomic mass is 16.5. The van der Waals surface area contributed by atoms with E-state index in [1.54, 1.807) is 6.33 Å². The van der Waals surface area contributed by atoms with Crippen LogP contribution in [-0.4, -0.2) is 33.8 Å². The maximum Gasteiger partial charge on any atom is 0.150 e. The molecule has 1 aromatic carbocycles. The van der Waals surface area contributed by atoms with Gasteiger partial charge in [-0.25, -0.2) is 9.97 Å². The molecule has 0 radical (unpaired) electrons. The van der Waals surface area contributed by atoms with Crippen LogP contribution in [-0.2, 0) is 11.2 Å². The molecule has 0 spiro atoms. The number of hydrogen-bond donors (Lipinski definition) is 1. The van der Waals surface area contributed by atoms with Crippen LogP contribution in [0.5, 0.6) is 0 Å². The van der Waals surface area contributed by atoms with E-state index in [0.29, 0.717) is 6.04 Å². The van der Waals surface area contributed by atoms with E-state index >= 15 is 0 Å². The lowest BCUT2D eigenvalue weighted by Crippen LogP contribution is -2.28. The molecule has 0 bridgehead atoms. The van der Waals surface area contributed by atoms with Gasteiger partial charge >= 0.3 is 0 Å². The summed E-state index contributed by atoms with van der Waals surface area (Å²) in [6, 6.07) is 9.01. The second-order valence-corrected chi connectivity index (χ2v) is 7.77. The predicted octanol–water partition coefficient (Wildman–Crippen LogP) is 6.08. The fourth-order valence-corrected chi connectivity index (χ4v) is 4.01. The molecule has 1 saturated heterocycles. The number of unbranched alkanes of at least 4 members (excludes halogenated alkanes) is 2. The molecule has 0 aliphatic carbocycles. The maximum absolute atomic E-state index is 5.51. The lowest BCUT2D eigenvalue weighted by molar-refractivity contribution is 0.0904. The van der Waals surface area contributed by atoms with Crippen LogP contribution in [0.2, 0.25) is 0 Å². The van der Waals surface area contributed by atoms with Crippen LogP contribution in [0.15, 0.2) is 36.8 Å². The van der Waals surface area contributed by atoms with E-state index in [-0.39, 0.29) is 0 Å². The number of aromatic nitrogens is 3. The van der Waals surface area contributed by atoms with Crippen molar-refractivity contribution in [2.24, 2.45) is 0 Å². The molecule has 30 heavy (non-hydrogen) atoms. The minimum atomic E-state index is 0.415. The molecular formula is C25H36N4O. The summed E-state index contributed by atoms with van der Waals surface area (Å²) >= 11 is 0. The molecule has 5 nitrogen and oxygen atoms in total. The Labute approximate surface area is 180 Å². The smallest absolute Gasteiger partial charge is 0.150 e. The first-order valence-electron chi connectivity index (χ1n) is 11.5. The van der Waals surface area contributed by atoms with E-state index in [1.165, 1.54) is 35.8 Å². The Morgan fingerprint density at radius 3 is 2.67 bits per heavy atom. The summed E-state index contributed by atoms with van der Waals surface area (Å²) in [5.74, 6) is 0.967. The fraction of sp³-hybridized carbons (Fsp3) is 0.520. The van der Waals surface area contributed by atoms with E-state index in [0.717, 1.165) is 49.6 Å². The summed E-state index contributed by atoms with van der Waals surface area (Å²) in [5.41, 5.74) is 4.73. The minimum absolute atomic E-state index is 0.415. The van der Waals surface area contributed by atoms with Gasteiger partial charge in [-0.2, -0.15) is 0 Å². The van der Waals surface area contributed by atoms with Crippen LogP contribution in [0.4, 0.5) is 5.82 Å². The Hall–Kier alpha value is -2.40. The molecule has 1 N–H and O–H groups in total. The fourth-order valence-electron chi connectivity index (χ4n) is 4.01. The van der Waals surface area contributed by atoms with Crippen LogP contribution in [0.25, 0.3) is 16.7 Å². The molecule has 0 unspecified atom stereocenters. The highest BCUT2D eigenvalue weighted by Crippen LogP contribution is 2.30. The van der Waals surface area contributed by atoms with Gasteiger partial charge in [-0.05, 0) is 55.9 Å². The van der Waals surface area contributed by atoms with Crippen LogP contribution in [0.3, 0.4) is 0 Å². The second kappa shape index (κ2) is 11.1. The average Bonchev–Trinajstić information content (AvgIpc) is 3.16. The Kier molecular flexibility index (Phi) is 8.26. The number of hydrogen-bond acceptors (Lipinski definition) is 4. The van der Waals surface area contributed by atoms with E-state index < -0.39 is 0 Å². The number of rotatable bonds is 7. The van der Waals surface area contributed by atoms with Crippen molar-refractivity contribution in [1.29, 1.82) is 0 Å². The van der Waals surface area contributed by atoms with Crippen molar-refractivity contribution in [3.63, 3.8) is 0 Å². The lowest BCUT2D eigenvalue weighted by Gasteiger charge is -2.24. The monoisotopic (exact) mass is 408 g/mol. The normalized spacial score (nSPS) is 14.4. The molecule has 2 aromatic heterocycles. The molecule has 3 aromatic rings. The third-order valence-electron chi connectivity index (χ3n) is 5.55. The van der Waals surface area contributed by atoms with Gasteiger partial charge < -0.3 is 14.6 Å². The second-order valence-electron chi connectivity index (χ2n) is 7.77. The molecule has 0 saturated carbocycles. The van der Waals surface area contributed by atoms with Crippen LogP contribution in [0, 0.1) is 6.92 Å². The van der Waals surface area contributed by atoms with Gasteiger partial charge in [0.15, 0.2) is 0 Å². The molecule has 0 atom stereocenters. The third kappa shape index (κ3) is 5.20. The molecular weight excluding hydrogens is 372 g/mol. The Balaban J connectivity index is 0.00000124. The molecule has 0 amide bonds. The van der Waals surface area contributed by atoms with Crippen molar-refractivity contribution in [2.45, 2.75) is 72.3 Å². The van der Waals surface area contributed by atoms with E-state index in [9.17, 15) is 0 Å². The predicted molar refractivity (Wildman–Crippen MR) is 126 cm³/mol. The van der Waals surface area contributed by atoms with Crippen molar-refractivity contribution < 1.29 is 4.74 Å². The van der Waals surface area contributed by atoms with E-state index in [2.05, 4.69) is 64.2 Å². The van der Waals surface area contributed by atoms with Crippen molar-refractivity contribution in [1.82, 2.24) is 14.5 Å². The minimum Gasteiger partial charge on any atom is -0.381 e. The zero-order chi connectivity index (χ0) is 21.3. The van der Waals surface area contributed by atoms with Gasteiger partial charge in [0.05, 0.1) is 5.39 Å². The zero-order valence-electron chi connectivity index (χ0n) is 18.9. The number of benzene rings is 1. The summed E-state index contributed by atoms with van der Waals surface area (Å²) in [7, 11) is 0. The number of ether oxygens (including phenoxy) is 1. The van der Waals surface area contributed by atoms with E-state index in [1.807, 2.05) is 13.8 Å². The van der Waals surface area contributed by atoms with Crippen LogP contribution < -0.4 is 5.32 Å². The van der Waals surface area contributed by atoms with E-state index in [4.69, 9.17) is 4.74 Å². The molecule has 162 valence electrons. The van der Waals surface area contributed by atoms with Gasteiger partial charge in [0.2, 0.25) is 0 Å². The highest BCUT2D eigenvalue weighted by molar-refractivity contribution is 5.92. The van der Waals surface area contributed by atoms with Gasteiger partial charge in [-0.15, -0.1) is 0 Å². The standard InChI is InChI=1S/C23H30N4O.C2H6/c1-3-4-5-8-18-15-27(20-9-6-7-17(2)14-20)23-21(18)22(24-16-25-23)26-19-10-12-28-13-11-19;1-2/h6-7,9,14-16,19H,3-5,8,10-13H2,1-2H3,(H,24,25,26);1-2H3. The van der Waals surface area contributed by atoms with Crippen molar-refractivity contribution in [3.8, 4) is 5.69 Å². The molecule has 1 aliphatic rings. The summed E-state index contributed by atoms with van der Waals surface area (Å²) in [6.07, 6.45) is 10.7. The Bertz CT molecular complexity index is 928. The van der Waals surface area contributed by atoms with Crippen LogP contribution >= 0.6 is 0 Å². The Morgan fingerprint density at radius 1 is 1.13 bits per heavy atom. The summed E-state index contributed by atoms with van der Waals surface area (Å²) < 4.78 is 7.73. The zero-order valence-corrected chi connectivity index (χ0v) is 18.9. The number of nitrogens with one attached hydrogen (secondary N) is 1. The summed E-state index contributed by atoms with van der Waals surface area (Å²) in [5, 5.41) is 4.86. The number of aryl methyl sites for hydroxylation is 2. The topological polar surface area (TPSA) is 52.0 Å². The van der Waals surface area contributed by atoms with Crippen molar-refractivity contribution in [3.05, 3.63) is 47.9 Å². The quantitative estimate of drug-likeness (QED) is 0.481. The number of anilines is 1. The van der Waals surface area contributed by atoms with Crippen LogP contribution in [0.1, 0.15) is 64.0 Å². The first kappa shape index (κ1) is 22.3. The van der Waals surface area contributed by atoms with Crippen molar-refractivity contribution in [2.75, 3.05) is 18.5 Å². The first-order chi connectivity index (χ1) is 14.8. The first-order valence-corrected chi connectivity index (χ1v) is 11.5. The lowest BCUT2D eigenvalue weighted by atomic mass is 10.1. The number of nitrogens with zero attached hydrogens (tertiary/aromatic N) is 3. The maximum atomic E-state index is 5.51. The molecule has 5 heteroatoms. The largest absolute Gasteiger partial charge is 0.381 e. The Morgan fingerprint density at radius 2 is 1.93 bits per heavy atom. The molecule has 1 fully saturated rings. The SMILES string of the molecule is CC.CCCCCc1cn(-c2cccc(C)c2)c2ncnc(NC3CCOCC3)c12. The molecule has 4 rings (SSSR count). The average molecular weight is 409 g/mol. The van der Waals surface area contributed by atoms with Gasteiger partial charge in [0, 0.05) is 31.1 Å². The molecule has 1 aliphatic heterocycles. The van der Waals surface area contributed by atoms with Gasteiger partial charge in [-0.1, -0.05) is 45.7 Å². The molecule has 3 heterocycles. The van der Waals surface area contributed by atoms with Crippen molar-refractivity contribution >= 4 is 16.9 Å². The van der Waals surface area contributed by atoms with Gasteiger partial charge in [-0.3, -0.25) is 0 Å². The summed E-state index contributed by atoms with van der Waals surface area (Å²) in [4.78, 5) is 9.32. The summed E-state index contributed by atoms with van der Waals surface area (Å²) in [6.45, 7) is 10.0. The van der Waals surface area contributed by atoms with Gasteiger partial charge in [0.1, 0.15) is 17.8 Å². The number of fused-ring (bicyclic) bond motifs is 1.